The number of hydrogen-bond donors (Lipinski definition) is 0. The predicted octanol–water partition coefficient (Wildman–Crippen LogP) is 6.76. The molecule has 1 aliphatic heterocycles. The van der Waals surface area contributed by atoms with Gasteiger partial charge in [0.15, 0.2) is 4.90 Å². The molecule has 1 aliphatic carbocycles. The predicted molar refractivity (Wildman–Crippen MR) is 119 cm³/mol. The van der Waals surface area contributed by atoms with Gasteiger partial charge in [-0.1, -0.05) is 64.2 Å². The van der Waals surface area contributed by atoms with E-state index >= 15 is 0 Å². The molecule has 0 radical (unpaired) electrons. The summed E-state index contributed by atoms with van der Waals surface area (Å²) in [6.07, 6.45) is 8.29. The fourth-order valence-corrected chi connectivity index (χ4v) is 8.36. The first-order chi connectivity index (χ1) is 13.1. The third-order valence-corrected chi connectivity index (χ3v) is 9.82. The smallest absolute Gasteiger partial charge is 0.165 e. The van der Waals surface area contributed by atoms with Crippen LogP contribution in [0.4, 0.5) is 0 Å². The van der Waals surface area contributed by atoms with Gasteiger partial charge >= 0.3 is 0 Å². The quantitative estimate of drug-likeness (QED) is 0.518. The van der Waals surface area contributed by atoms with Crippen molar-refractivity contribution in [3.8, 4) is 5.75 Å². The molecule has 2 aliphatic rings. The highest BCUT2D eigenvalue weighted by atomic mass is 32.2. The van der Waals surface area contributed by atoms with Gasteiger partial charge in [0.2, 0.25) is 0 Å². The molecule has 1 heterocycles. The minimum absolute atomic E-state index is 0.390. The average molecular weight is 384 g/mol. The van der Waals surface area contributed by atoms with Gasteiger partial charge in [0.05, 0.1) is 6.61 Å². The van der Waals surface area contributed by atoms with E-state index in [0.29, 0.717) is 10.9 Å². The summed E-state index contributed by atoms with van der Waals surface area (Å²) in [6, 6.07) is 11.3. The van der Waals surface area contributed by atoms with Crippen LogP contribution in [0.1, 0.15) is 57.9 Å². The van der Waals surface area contributed by atoms with Gasteiger partial charge in [0.25, 0.3) is 0 Å². The Hall–Kier alpha value is -1.15. The molecule has 0 bridgehead atoms. The van der Waals surface area contributed by atoms with Crippen molar-refractivity contribution in [1.29, 1.82) is 0 Å². The molecule has 0 spiro atoms. The lowest BCUT2D eigenvalue weighted by Crippen LogP contribution is -2.12. The molecule has 27 heavy (non-hydrogen) atoms. The van der Waals surface area contributed by atoms with Crippen LogP contribution >= 0.6 is 0 Å². The van der Waals surface area contributed by atoms with Crippen molar-refractivity contribution < 1.29 is 4.74 Å². The molecule has 0 amide bonds. The van der Waals surface area contributed by atoms with Gasteiger partial charge in [-0.2, -0.15) is 0 Å². The lowest BCUT2D eigenvalue weighted by molar-refractivity contribution is 0.248. The first-order valence-electron chi connectivity index (χ1n) is 11.0. The molecule has 4 rings (SSSR count). The number of hydrogen-bond acceptors (Lipinski definition) is 1. The van der Waals surface area contributed by atoms with E-state index in [4.69, 9.17) is 4.74 Å². The molecular weight excluding hydrogens is 348 g/mol. The maximum atomic E-state index is 6.37. The second kappa shape index (κ2) is 8.47. The van der Waals surface area contributed by atoms with E-state index in [-0.39, 0.29) is 0 Å². The lowest BCUT2D eigenvalue weighted by atomic mass is 9.87. The molecule has 0 N–H and O–H groups in total. The minimum atomic E-state index is 0.390. The van der Waals surface area contributed by atoms with Gasteiger partial charge in [-0.25, -0.2) is 0 Å². The van der Waals surface area contributed by atoms with Gasteiger partial charge in [0, 0.05) is 39.1 Å². The van der Waals surface area contributed by atoms with Gasteiger partial charge in [-0.05, 0) is 31.4 Å². The Kier molecular flexibility index (Phi) is 6.02. The van der Waals surface area contributed by atoms with Crippen molar-refractivity contribution in [3.05, 3.63) is 35.9 Å². The zero-order valence-electron chi connectivity index (χ0n) is 17.3. The summed E-state index contributed by atoms with van der Waals surface area (Å²) < 4.78 is 6.37. The van der Waals surface area contributed by atoms with E-state index in [1.54, 1.807) is 4.90 Å². The molecule has 2 fully saturated rings. The summed E-state index contributed by atoms with van der Waals surface area (Å²) in [7, 11) is 0.390. The van der Waals surface area contributed by atoms with Crippen molar-refractivity contribution in [3.63, 3.8) is 0 Å². The maximum Gasteiger partial charge on any atom is 0.165 e. The van der Waals surface area contributed by atoms with Crippen LogP contribution in [0.3, 0.4) is 0 Å². The second-order valence-electron chi connectivity index (χ2n) is 8.99. The summed E-state index contributed by atoms with van der Waals surface area (Å²) in [5, 5.41) is 2.76. The van der Waals surface area contributed by atoms with E-state index in [9.17, 15) is 0 Å². The van der Waals surface area contributed by atoms with Crippen molar-refractivity contribution in [2.75, 3.05) is 18.1 Å². The molecule has 146 valence electrons. The number of aryl methyl sites for hydroxylation is 1. The summed E-state index contributed by atoms with van der Waals surface area (Å²) in [5.41, 5.74) is 1.44. The topological polar surface area (TPSA) is 9.23 Å². The summed E-state index contributed by atoms with van der Waals surface area (Å²) in [5.74, 6) is 6.39. The van der Waals surface area contributed by atoms with Gasteiger partial charge in [0.1, 0.15) is 17.3 Å². The standard InChI is InChI=1S/C25H35OS/c1-18-15-24(26-14-13-21-9-5-4-6-10-21)22-11-7-8-12-23(22)25(18)27-16-19(2)20(3)17-27/h7-8,11-12,15,19-21H,4-6,9-10,13-14,16-17H2,1-3H3/q+1. The molecule has 2 heteroatoms. The van der Waals surface area contributed by atoms with Crippen molar-refractivity contribution in [2.45, 2.75) is 64.2 Å². The Labute approximate surface area is 168 Å². The monoisotopic (exact) mass is 383 g/mol. The Bertz CT molecular complexity index is 767. The summed E-state index contributed by atoms with van der Waals surface area (Å²) in [6.45, 7) is 8.03. The van der Waals surface area contributed by atoms with Crippen LogP contribution in [0.15, 0.2) is 35.2 Å². The Morgan fingerprint density at radius 1 is 0.963 bits per heavy atom. The molecule has 2 aromatic rings. The second-order valence-corrected chi connectivity index (χ2v) is 11.0. The Morgan fingerprint density at radius 3 is 2.33 bits per heavy atom. The van der Waals surface area contributed by atoms with Crippen LogP contribution in [0.5, 0.6) is 5.75 Å². The largest absolute Gasteiger partial charge is 0.493 e. The number of rotatable bonds is 5. The first kappa shape index (κ1) is 19.2. The number of fused-ring (bicyclic) bond motifs is 1. The van der Waals surface area contributed by atoms with E-state index in [1.165, 1.54) is 66.4 Å². The highest BCUT2D eigenvalue weighted by Crippen LogP contribution is 2.40. The van der Waals surface area contributed by atoms with E-state index < -0.39 is 0 Å². The fraction of sp³-hybridized carbons (Fsp3) is 0.600. The van der Waals surface area contributed by atoms with E-state index in [1.807, 2.05) is 0 Å². The van der Waals surface area contributed by atoms with Crippen molar-refractivity contribution >= 4 is 21.7 Å². The van der Waals surface area contributed by atoms with Crippen LogP contribution < -0.4 is 4.74 Å². The summed E-state index contributed by atoms with van der Waals surface area (Å²) in [4.78, 5) is 1.61. The van der Waals surface area contributed by atoms with Crippen molar-refractivity contribution in [2.24, 2.45) is 17.8 Å². The SMILES string of the molecule is Cc1cc(OCCC2CCCCC2)c2ccccc2c1[S+]1CC(C)C(C)C1. The molecule has 1 nitrogen and oxygen atoms in total. The normalized spacial score (nSPS) is 26.6. The molecule has 2 atom stereocenters. The molecule has 1 saturated carbocycles. The molecule has 2 unspecified atom stereocenters. The maximum absolute atomic E-state index is 6.37. The van der Waals surface area contributed by atoms with Crippen LogP contribution in [-0.4, -0.2) is 18.1 Å². The third-order valence-electron chi connectivity index (χ3n) is 6.84. The van der Waals surface area contributed by atoms with E-state index in [0.717, 1.165) is 30.1 Å². The number of benzene rings is 2. The van der Waals surface area contributed by atoms with Gasteiger partial charge < -0.3 is 4.74 Å². The molecule has 2 aromatic carbocycles. The molecule has 0 aromatic heterocycles. The molecular formula is C25H35OS+. The molecule has 1 saturated heterocycles. The van der Waals surface area contributed by atoms with Crippen LogP contribution in [0.2, 0.25) is 0 Å². The summed E-state index contributed by atoms with van der Waals surface area (Å²) >= 11 is 0. The van der Waals surface area contributed by atoms with Gasteiger partial charge in [-0.3, -0.25) is 0 Å². The van der Waals surface area contributed by atoms with Crippen LogP contribution in [0, 0.1) is 24.7 Å². The van der Waals surface area contributed by atoms with Gasteiger partial charge in [-0.15, -0.1) is 0 Å². The van der Waals surface area contributed by atoms with Crippen LogP contribution in [-0.2, 0) is 10.9 Å². The first-order valence-corrected chi connectivity index (χ1v) is 12.5. The van der Waals surface area contributed by atoms with Crippen molar-refractivity contribution in [1.82, 2.24) is 0 Å². The van der Waals surface area contributed by atoms with Crippen LogP contribution in [0.25, 0.3) is 10.8 Å². The average Bonchev–Trinajstić information content (AvgIpc) is 3.00. The zero-order chi connectivity index (χ0) is 18.8. The Morgan fingerprint density at radius 2 is 1.63 bits per heavy atom. The fourth-order valence-electron chi connectivity index (χ4n) is 4.96. The van der Waals surface area contributed by atoms with E-state index in [2.05, 4.69) is 51.1 Å². The zero-order valence-corrected chi connectivity index (χ0v) is 18.1. The highest BCUT2D eigenvalue weighted by molar-refractivity contribution is 7.97. The Balaban J connectivity index is 1.56. The highest BCUT2D eigenvalue weighted by Gasteiger charge is 2.39. The lowest BCUT2D eigenvalue weighted by Gasteiger charge is -2.22. The number of ether oxygens (including phenoxy) is 1. The minimum Gasteiger partial charge on any atom is -0.493 e. The third kappa shape index (κ3) is 4.16.